The third-order valence-corrected chi connectivity index (χ3v) is 5.78. The summed E-state index contributed by atoms with van der Waals surface area (Å²) in [6.07, 6.45) is 3.58. The molecule has 2 amide bonds. The van der Waals surface area contributed by atoms with Gasteiger partial charge in [-0.25, -0.2) is 14.8 Å². The highest BCUT2D eigenvalue weighted by Gasteiger charge is 2.36. The van der Waals surface area contributed by atoms with Crippen LogP contribution in [0.3, 0.4) is 0 Å². The normalized spacial score (nSPS) is 16.4. The first-order chi connectivity index (χ1) is 16.7. The summed E-state index contributed by atoms with van der Waals surface area (Å²) >= 11 is 0. The molecule has 1 aliphatic rings. The third kappa shape index (κ3) is 7.21. The predicted octanol–water partition coefficient (Wildman–Crippen LogP) is 5.09. The quantitative estimate of drug-likeness (QED) is 0.566. The lowest BCUT2D eigenvalue weighted by Gasteiger charge is -2.31. The molecule has 198 valence electrons. The minimum atomic E-state index is -0.566. The summed E-state index contributed by atoms with van der Waals surface area (Å²) in [6, 6.07) is 3.58. The van der Waals surface area contributed by atoms with E-state index in [4.69, 9.17) is 14.1 Å². The van der Waals surface area contributed by atoms with Gasteiger partial charge in [-0.1, -0.05) is 34.6 Å². The molecule has 1 unspecified atom stereocenters. The highest BCUT2D eigenvalue weighted by atomic mass is 16.6. The molecule has 1 N–H and O–H groups in total. The lowest BCUT2D eigenvalue weighted by Crippen LogP contribution is -2.45. The average molecular weight is 500 g/mol. The van der Waals surface area contributed by atoms with Gasteiger partial charge in [-0.15, -0.1) is 0 Å². The number of carbonyl (C=O) groups is 2. The van der Waals surface area contributed by atoms with Crippen LogP contribution in [0.25, 0.3) is 0 Å². The summed E-state index contributed by atoms with van der Waals surface area (Å²) < 4.78 is 11.0. The molecule has 1 atom stereocenters. The first-order valence-electron chi connectivity index (χ1n) is 12.7. The molecule has 9 heteroatoms. The van der Waals surface area contributed by atoms with Crippen LogP contribution < -0.4 is 5.32 Å². The molecule has 0 bridgehead atoms. The zero-order valence-corrected chi connectivity index (χ0v) is 22.9. The number of hydrogen-bond acceptors (Lipinski definition) is 7. The maximum atomic E-state index is 14.0. The van der Waals surface area contributed by atoms with Gasteiger partial charge in [-0.2, -0.15) is 0 Å². The van der Waals surface area contributed by atoms with Gasteiger partial charge in [0.25, 0.3) is 5.91 Å². The number of likely N-dealkylation sites (tertiary alicyclic amines) is 1. The van der Waals surface area contributed by atoms with Crippen LogP contribution in [-0.2, 0) is 16.7 Å². The van der Waals surface area contributed by atoms with Crippen LogP contribution in [0.5, 0.6) is 0 Å². The zero-order valence-electron chi connectivity index (χ0n) is 22.9. The summed E-state index contributed by atoms with van der Waals surface area (Å²) in [5.74, 6) is 1.97. The molecule has 1 saturated heterocycles. The van der Waals surface area contributed by atoms with Crippen LogP contribution in [0.1, 0.15) is 83.8 Å². The molecule has 1 fully saturated rings. The second-order valence-electron chi connectivity index (χ2n) is 11.9. The van der Waals surface area contributed by atoms with Crippen molar-refractivity contribution in [2.45, 2.75) is 85.4 Å². The lowest BCUT2D eigenvalue weighted by molar-refractivity contribution is 0.0273. The molecule has 2 aromatic heterocycles. The van der Waals surface area contributed by atoms with Crippen molar-refractivity contribution in [3.63, 3.8) is 0 Å². The van der Waals surface area contributed by atoms with Crippen molar-refractivity contribution in [2.75, 3.05) is 25.0 Å². The summed E-state index contributed by atoms with van der Waals surface area (Å²) in [7, 11) is 0. The molecule has 0 aromatic carbocycles. The number of amides is 2. The van der Waals surface area contributed by atoms with Gasteiger partial charge in [0.15, 0.2) is 0 Å². The molecule has 0 spiro atoms. The number of hydrogen-bond donors (Lipinski definition) is 1. The molecule has 3 rings (SSSR count). The van der Waals surface area contributed by atoms with Crippen molar-refractivity contribution in [1.82, 2.24) is 19.8 Å². The van der Waals surface area contributed by atoms with Crippen molar-refractivity contribution >= 4 is 17.8 Å². The minimum absolute atomic E-state index is 0.118. The number of nitrogens with zero attached hydrogens (tertiary/aromatic N) is 4. The van der Waals surface area contributed by atoms with E-state index < -0.39 is 5.60 Å². The van der Waals surface area contributed by atoms with Gasteiger partial charge in [-0.05, 0) is 45.2 Å². The Hall–Kier alpha value is -3.10. The molecule has 36 heavy (non-hydrogen) atoms. The Labute approximate surface area is 214 Å². The van der Waals surface area contributed by atoms with Crippen molar-refractivity contribution in [2.24, 2.45) is 5.92 Å². The fraction of sp³-hybridized carbons (Fsp3) is 0.630. The smallest absolute Gasteiger partial charge is 0.410 e. The Bertz CT molecular complexity index is 1040. The number of furan rings is 1. The van der Waals surface area contributed by atoms with E-state index in [1.165, 1.54) is 0 Å². The molecule has 2 aromatic rings. The Kier molecular flexibility index (Phi) is 8.31. The Morgan fingerprint density at radius 1 is 1.25 bits per heavy atom. The highest BCUT2D eigenvalue weighted by molar-refractivity contribution is 5.98. The van der Waals surface area contributed by atoms with Crippen molar-refractivity contribution in [3.05, 3.63) is 41.7 Å². The van der Waals surface area contributed by atoms with E-state index in [0.29, 0.717) is 49.8 Å². The second kappa shape index (κ2) is 10.9. The van der Waals surface area contributed by atoms with Crippen LogP contribution in [0.4, 0.5) is 10.6 Å². The first-order valence-corrected chi connectivity index (χ1v) is 12.7. The predicted molar refractivity (Wildman–Crippen MR) is 139 cm³/mol. The summed E-state index contributed by atoms with van der Waals surface area (Å²) in [5, 5.41) is 3.28. The van der Waals surface area contributed by atoms with Gasteiger partial charge in [-0.3, -0.25) is 4.79 Å². The number of rotatable bonds is 7. The SMILES string of the molecule is CC(C)CN(C(=O)c1cnc(C(C)(C)C)nc1NCc1ccco1)C1CCN(C(=O)OC(C)(C)C)C1. The van der Waals surface area contributed by atoms with Crippen LogP contribution >= 0.6 is 0 Å². The lowest BCUT2D eigenvalue weighted by atomic mass is 9.95. The fourth-order valence-corrected chi connectivity index (χ4v) is 4.05. The zero-order chi connectivity index (χ0) is 26.7. The van der Waals surface area contributed by atoms with E-state index in [9.17, 15) is 9.59 Å². The first kappa shape index (κ1) is 27.5. The topological polar surface area (TPSA) is 101 Å². The van der Waals surface area contributed by atoms with E-state index in [-0.39, 0.29) is 29.4 Å². The molecule has 3 heterocycles. The van der Waals surface area contributed by atoms with E-state index in [2.05, 4.69) is 24.1 Å². The number of ether oxygens (including phenoxy) is 1. The summed E-state index contributed by atoms with van der Waals surface area (Å²) in [4.78, 5) is 39.4. The third-order valence-electron chi connectivity index (χ3n) is 5.78. The number of nitrogens with one attached hydrogen (secondary N) is 1. The fourth-order valence-electron chi connectivity index (χ4n) is 4.05. The van der Waals surface area contributed by atoms with Crippen LogP contribution in [0.2, 0.25) is 0 Å². The summed E-state index contributed by atoms with van der Waals surface area (Å²) in [6.45, 7) is 17.8. The van der Waals surface area contributed by atoms with E-state index in [1.807, 2.05) is 58.6 Å². The van der Waals surface area contributed by atoms with E-state index >= 15 is 0 Å². The highest BCUT2D eigenvalue weighted by Crippen LogP contribution is 2.26. The maximum Gasteiger partial charge on any atom is 0.410 e. The molecule has 0 aliphatic carbocycles. The van der Waals surface area contributed by atoms with E-state index in [1.54, 1.807) is 17.4 Å². The number of anilines is 1. The van der Waals surface area contributed by atoms with Crippen molar-refractivity contribution < 1.29 is 18.7 Å². The standard InChI is InChI=1S/C27H41N5O4/c1-18(2)16-32(19-11-12-31(17-19)25(34)36-27(6,7)8)23(33)21-15-29-24(26(3,4)5)30-22(21)28-14-20-10-9-13-35-20/h9-10,13,15,18-19H,11-12,14,16-17H2,1-8H3,(H,28,29,30). The average Bonchev–Trinajstić information content (AvgIpc) is 3.45. The van der Waals surface area contributed by atoms with Gasteiger partial charge < -0.3 is 24.3 Å². The molecule has 1 aliphatic heterocycles. The molecular formula is C27H41N5O4. The van der Waals surface area contributed by atoms with Crippen LogP contribution in [0.15, 0.2) is 29.0 Å². The summed E-state index contributed by atoms with van der Waals surface area (Å²) in [5.41, 5.74) is -0.436. The minimum Gasteiger partial charge on any atom is -0.467 e. The van der Waals surface area contributed by atoms with Gasteiger partial charge >= 0.3 is 6.09 Å². The second-order valence-corrected chi connectivity index (χ2v) is 11.9. The van der Waals surface area contributed by atoms with Crippen molar-refractivity contribution in [1.29, 1.82) is 0 Å². The maximum absolute atomic E-state index is 14.0. The van der Waals surface area contributed by atoms with Crippen LogP contribution in [-0.4, -0.2) is 63.0 Å². The largest absolute Gasteiger partial charge is 0.467 e. The van der Waals surface area contributed by atoms with Gasteiger partial charge in [0, 0.05) is 31.2 Å². The Morgan fingerprint density at radius 2 is 1.97 bits per heavy atom. The molecule has 0 radical (unpaired) electrons. The van der Waals surface area contributed by atoms with Crippen molar-refractivity contribution in [3.8, 4) is 0 Å². The van der Waals surface area contributed by atoms with E-state index in [0.717, 1.165) is 5.76 Å². The Balaban J connectivity index is 1.87. The van der Waals surface area contributed by atoms with Crippen LogP contribution in [0, 0.1) is 5.92 Å². The molecular weight excluding hydrogens is 458 g/mol. The monoisotopic (exact) mass is 499 g/mol. The molecule has 9 nitrogen and oxygen atoms in total. The number of carbonyl (C=O) groups excluding carboxylic acids is 2. The van der Waals surface area contributed by atoms with Gasteiger partial charge in [0.05, 0.1) is 18.8 Å². The molecule has 0 saturated carbocycles. The number of aromatic nitrogens is 2. The van der Waals surface area contributed by atoms with Gasteiger partial charge in [0.2, 0.25) is 0 Å². The Morgan fingerprint density at radius 3 is 2.56 bits per heavy atom. The van der Waals surface area contributed by atoms with Gasteiger partial charge in [0.1, 0.15) is 28.6 Å².